The lowest BCUT2D eigenvalue weighted by Crippen LogP contribution is -2.46. The number of unbranched alkanes of at least 4 members (excludes halogenated alkanes) is 1. The average molecular weight is 473 g/mol. The Kier molecular flexibility index (Phi) is 7.70. The lowest BCUT2D eigenvalue weighted by Gasteiger charge is -2.31. The first-order valence-corrected chi connectivity index (χ1v) is 12.2. The fourth-order valence-electron chi connectivity index (χ4n) is 4.34. The molecule has 0 bridgehead atoms. The highest BCUT2D eigenvalue weighted by atomic mass is 16.5. The summed E-state index contributed by atoms with van der Waals surface area (Å²) in [5.74, 6) is 0.176. The molecule has 3 aromatic carbocycles. The summed E-state index contributed by atoms with van der Waals surface area (Å²) in [6.07, 6.45) is 2.06. The molecule has 0 saturated carbocycles. The highest BCUT2D eigenvalue weighted by Gasteiger charge is 2.36. The van der Waals surface area contributed by atoms with Crippen LogP contribution in [-0.4, -0.2) is 18.1 Å². The van der Waals surface area contributed by atoms with Crippen LogP contribution in [-0.2, 0) is 16.1 Å². The zero-order chi connectivity index (χ0) is 24.8. The Hall–Kier alpha value is -3.80. The van der Waals surface area contributed by atoms with Gasteiger partial charge < -0.3 is 20.1 Å². The lowest BCUT2D eigenvalue weighted by molar-refractivity contribution is -0.143. The van der Waals surface area contributed by atoms with E-state index in [1.165, 1.54) is 0 Å². The molecule has 2 amide bonds. The molecule has 1 aliphatic heterocycles. The van der Waals surface area contributed by atoms with Crippen molar-refractivity contribution >= 4 is 22.8 Å². The molecule has 182 valence electrons. The minimum Gasteiger partial charge on any atom is -0.489 e. The number of ether oxygens (including phenoxy) is 2. The third kappa shape index (κ3) is 5.65. The van der Waals surface area contributed by atoms with E-state index < -0.39 is 12.0 Å². The number of esters is 1. The van der Waals surface area contributed by atoms with Crippen LogP contribution in [0.2, 0.25) is 0 Å². The van der Waals surface area contributed by atoms with Crippen molar-refractivity contribution in [1.29, 1.82) is 0 Å². The summed E-state index contributed by atoms with van der Waals surface area (Å²) in [6, 6.07) is 20.7. The zero-order valence-electron chi connectivity index (χ0n) is 20.5. The number of allylic oxidation sites excluding steroid dienone is 1. The van der Waals surface area contributed by atoms with Crippen LogP contribution in [0.3, 0.4) is 0 Å². The van der Waals surface area contributed by atoms with Gasteiger partial charge in [-0.05, 0) is 49.1 Å². The Morgan fingerprint density at radius 3 is 2.49 bits per heavy atom. The highest BCUT2D eigenvalue weighted by molar-refractivity contribution is 5.98. The van der Waals surface area contributed by atoms with Crippen LogP contribution in [0, 0.1) is 0 Å². The number of benzene rings is 3. The second-order valence-corrected chi connectivity index (χ2v) is 8.95. The van der Waals surface area contributed by atoms with Gasteiger partial charge in [0.1, 0.15) is 12.4 Å². The molecule has 0 fully saturated rings. The predicted octanol–water partition coefficient (Wildman–Crippen LogP) is 6.17. The first-order chi connectivity index (χ1) is 17.0. The van der Waals surface area contributed by atoms with E-state index in [1.54, 1.807) is 0 Å². The van der Waals surface area contributed by atoms with Crippen molar-refractivity contribution in [3.63, 3.8) is 0 Å². The summed E-state index contributed by atoms with van der Waals surface area (Å²) >= 11 is 0. The number of hydrogen-bond acceptors (Lipinski definition) is 4. The van der Waals surface area contributed by atoms with Gasteiger partial charge in [0.05, 0.1) is 17.7 Å². The Morgan fingerprint density at radius 1 is 1.00 bits per heavy atom. The van der Waals surface area contributed by atoms with E-state index in [9.17, 15) is 9.59 Å². The Balaban J connectivity index is 1.86. The quantitative estimate of drug-likeness (QED) is 0.365. The summed E-state index contributed by atoms with van der Waals surface area (Å²) in [4.78, 5) is 26.2. The molecular weight excluding hydrogens is 440 g/mol. The molecule has 1 atom stereocenters. The second-order valence-electron chi connectivity index (χ2n) is 8.95. The molecule has 3 aromatic rings. The SMILES string of the molecule is CCCCC1=C(C(=O)OC(C)C)C(c2c(OCc3ccccc3)ccc3ccccc23)NC(=O)N1. The standard InChI is InChI=1S/C29H32N2O4/c1-4-5-15-23-26(28(32)35-19(2)3)27(31-29(33)30-23)25-22-14-10-9-13-21(22)16-17-24(25)34-18-20-11-7-6-8-12-20/h6-14,16-17,19,27H,4-5,15,18H2,1-3H3,(H2,30,31,33). The van der Waals surface area contributed by atoms with Crippen LogP contribution in [0.5, 0.6) is 5.75 Å². The topological polar surface area (TPSA) is 76.7 Å². The molecule has 35 heavy (non-hydrogen) atoms. The Labute approximate surface area is 206 Å². The summed E-state index contributed by atoms with van der Waals surface area (Å²) in [7, 11) is 0. The van der Waals surface area contributed by atoms with Crippen LogP contribution >= 0.6 is 0 Å². The number of carbonyl (C=O) groups is 2. The third-order valence-corrected chi connectivity index (χ3v) is 5.95. The number of fused-ring (bicyclic) bond motifs is 1. The van der Waals surface area contributed by atoms with E-state index in [0.717, 1.165) is 34.7 Å². The summed E-state index contributed by atoms with van der Waals surface area (Å²) in [5, 5.41) is 7.76. The molecule has 0 aliphatic carbocycles. The Bertz CT molecular complexity index is 1230. The second kappa shape index (κ2) is 11.1. The third-order valence-electron chi connectivity index (χ3n) is 5.95. The van der Waals surface area contributed by atoms with Crippen molar-refractivity contribution in [2.45, 2.75) is 58.8 Å². The van der Waals surface area contributed by atoms with Crippen LogP contribution in [0.4, 0.5) is 4.79 Å². The minimum atomic E-state index is -0.710. The van der Waals surface area contributed by atoms with Crippen molar-refractivity contribution < 1.29 is 19.1 Å². The van der Waals surface area contributed by atoms with Gasteiger partial charge >= 0.3 is 12.0 Å². The molecule has 0 aromatic heterocycles. The van der Waals surface area contributed by atoms with Gasteiger partial charge in [-0.3, -0.25) is 0 Å². The first-order valence-electron chi connectivity index (χ1n) is 12.2. The van der Waals surface area contributed by atoms with Crippen molar-refractivity contribution in [3.05, 3.63) is 89.1 Å². The average Bonchev–Trinajstić information content (AvgIpc) is 2.85. The monoisotopic (exact) mass is 472 g/mol. The van der Waals surface area contributed by atoms with Crippen LogP contribution in [0.15, 0.2) is 78.0 Å². The molecule has 0 radical (unpaired) electrons. The van der Waals surface area contributed by atoms with Gasteiger partial charge in [0.2, 0.25) is 0 Å². The molecule has 2 N–H and O–H groups in total. The fraction of sp³-hybridized carbons (Fsp3) is 0.310. The summed E-state index contributed by atoms with van der Waals surface area (Å²) in [6.45, 7) is 6.08. The van der Waals surface area contributed by atoms with E-state index in [2.05, 4.69) is 17.6 Å². The maximum Gasteiger partial charge on any atom is 0.338 e. The minimum absolute atomic E-state index is 0.290. The van der Waals surface area contributed by atoms with Gasteiger partial charge in [-0.25, -0.2) is 9.59 Å². The number of urea groups is 1. The summed E-state index contributed by atoms with van der Waals surface area (Å²) < 4.78 is 11.9. The van der Waals surface area contributed by atoms with E-state index in [1.807, 2.05) is 80.6 Å². The van der Waals surface area contributed by atoms with Gasteiger partial charge in [0.15, 0.2) is 0 Å². The van der Waals surface area contributed by atoms with Gasteiger partial charge in [0, 0.05) is 11.3 Å². The normalized spacial score (nSPS) is 15.7. The molecule has 6 heteroatoms. The molecular formula is C29H32N2O4. The number of rotatable bonds is 9. The van der Waals surface area contributed by atoms with Gasteiger partial charge in [-0.15, -0.1) is 0 Å². The van der Waals surface area contributed by atoms with E-state index in [-0.39, 0.29) is 12.1 Å². The van der Waals surface area contributed by atoms with Crippen molar-refractivity contribution in [1.82, 2.24) is 10.6 Å². The van der Waals surface area contributed by atoms with Crippen LogP contribution in [0.25, 0.3) is 10.8 Å². The van der Waals surface area contributed by atoms with Gasteiger partial charge in [-0.1, -0.05) is 74.0 Å². The van der Waals surface area contributed by atoms with Crippen molar-refractivity contribution in [2.24, 2.45) is 0 Å². The molecule has 6 nitrogen and oxygen atoms in total. The van der Waals surface area contributed by atoms with Crippen LogP contribution < -0.4 is 15.4 Å². The highest BCUT2D eigenvalue weighted by Crippen LogP contribution is 2.40. The number of hydrogen-bond donors (Lipinski definition) is 2. The molecule has 0 spiro atoms. The van der Waals surface area contributed by atoms with Gasteiger partial charge in [-0.2, -0.15) is 0 Å². The largest absolute Gasteiger partial charge is 0.489 e. The molecule has 1 heterocycles. The summed E-state index contributed by atoms with van der Waals surface area (Å²) in [5.41, 5.74) is 2.80. The van der Waals surface area contributed by atoms with Gasteiger partial charge in [0.25, 0.3) is 0 Å². The molecule has 0 saturated heterocycles. The predicted molar refractivity (Wildman–Crippen MR) is 137 cm³/mol. The lowest BCUT2D eigenvalue weighted by atomic mass is 9.89. The molecule has 1 unspecified atom stereocenters. The Morgan fingerprint density at radius 2 is 1.74 bits per heavy atom. The number of carbonyl (C=O) groups excluding carboxylic acids is 2. The smallest absolute Gasteiger partial charge is 0.338 e. The maximum atomic E-state index is 13.4. The zero-order valence-corrected chi connectivity index (χ0v) is 20.5. The fourth-order valence-corrected chi connectivity index (χ4v) is 4.34. The maximum absolute atomic E-state index is 13.4. The van der Waals surface area contributed by atoms with E-state index in [4.69, 9.17) is 9.47 Å². The van der Waals surface area contributed by atoms with Crippen molar-refractivity contribution in [2.75, 3.05) is 0 Å². The first kappa shape index (κ1) is 24.3. The van der Waals surface area contributed by atoms with E-state index >= 15 is 0 Å². The molecule has 4 rings (SSSR count). The molecule has 1 aliphatic rings. The van der Waals surface area contributed by atoms with Crippen molar-refractivity contribution in [3.8, 4) is 5.75 Å². The number of amides is 2. The van der Waals surface area contributed by atoms with Crippen LogP contribution in [0.1, 0.15) is 57.2 Å². The number of nitrogens with one attached hydrogen (secondary N) is 2. The van der Waals surface area contributed by atoms with E-state index in [0.29, 0.717) is 30.0 Å².